The molecule has 4 aromatic rings. The Labute approximate surface area is 185 Å². The molecule has 1 saturated heterocycles. The summed E-state index contributed by atoms with van der Waals surface area (Å²) in [4.78, 5) is 31.9. The Hall–Kier alpha value is -4.25. The third kappa shape index (κ3) is 3.24. The normalized spacial score (nSPS) is 17.8. The summed E-state index contributed by atoms with van der Waals surface area (Å²) in [5.41, 5.74) is 2.82. The molecule has 32 heavy (non-hydrogen) atoms. The minimum absolute atomic E-state index is 0.0545. The molecule has 5 nitrogen and oxygen atoms in total. The number of Topliss-reactive ketones (excluding diaryl/α,β-unsaturated/α-hetero) is 1. The molecule has 5 heteroatoms. The number of pyridine rings is 1. The molecule has 1 amide bonds. The molecule has 1 aromatic heterocycles. The topological polar surface area (TPSA) is 70.5 Å². The van der Waals surface area contributed by atoms with Crippen molar-refractivity contribution < 1.29 is 14.7 Å². The molecule has 1 unspecified atom stereocenters. The number of carbonyl (C=O) groups is 2. The average molecular weight is 420 g/mol. The average Bonchev–Trinajstić information content (AvgIpc) is 3.10. The fraction of sp³-hybridized carbons (Fsp3) is 0.0741. The second-order valence-corrected chi connectivity index (χ2v) is 7.85. The molecular weight excluding hydrogens is 400 g/mol. The minimum Gasteiger partial charge on any atom is -0.507 e. The second-order valence-electron chi connectivity index (χ2n) is 7.85. The zero-order valence-electron chi connectivity index (χ0n) is 17.4. The highest BCUT2D eigenvalue weighted by atomic mass is 16.3. The molecule has 0 saturated carbocycles. The maximum absolute atomic E-state index is 13.2. The standard InChI is InChI=1S/C27H20N2O3/c1-17-8-12-22(13-9-17)29-24(21-7-4-14-28-16-21)23(26(31)27(29)32)25(30)20-11-10-18-5-2-3-6-19(18)15-20/h2-16,24,30H,1H3/b25-23-. The first-order chi connectivity index (χ1) is 15.5. The predicted molar refractivity (Wildman–Crippen MR) is 124 cm³/mol. The number of aliphatic hydroxyl groups excluding tert-OH is 1. The van der Waals surface area contributed by atoms with E-state index in [1.54, 1.807) is 42.7 Å². The van der Waals surface area contributed by atoms with Gasteiger partial charge in [-0.05, 0) is 47.5 Å². The van der Waals surface area contributed by atoms with E-state index in [0.717, 1.165) is 16.3 Å². The van der Waals surface area contributed by atoms with E-state index >= 15 is 0 Å². The van der Waals surface area contributed by atoms with Gasteiger partial charge in [0.05, 0.1) is 11.6 Å². The van der Waals surface area contributed by atoms with Crippen LogP contribution in [0.1, 0.15) is 22.7 Å². The van der Waals surface area contributed by atoms with Crippen LogP contribution >= 0.6 is 0 Å². The van der Waals surface area contributed by atoms with Crippen molar-refractivity contribution in [2.45, 2.75) is 13.0 Å². The number of hydrogen-bond donors (Lipinski definition) is 1. The molecule has 0 spiro atoms. The van der Waals surface area contributed by atoms with Crippen molar-refractivity contribution in [3.8, 4) is 0 Å². The number of amides is 1. The van der Waals surface area contributed by atoms with Crippen molar-refractivity contribution in [2.75, 3.05) is 4.90 Å². The highest BCUT2D eigenvalue weighted by Gasteiger charge is 2.47. The quantitative estimate of drug-likeness (QED) is 0.282. The van der Waals surface area contributed by atoms with Crippen LogP contribution in [0.5, 0.6) is 0 Å². The van der Waals surface area contributed by atoms with Gasteiger partial charge in [-0.3, -0.25) is 19.5 Å². The van der Waals surface area contributed by atoms with E-state index in [1.807, 2.05) is 55.5 Å². The number of anilines is 1. The molecule has 0 aliphatic carbocycles. The number of rotatable bonds is 3. The van der Waals surface area contributed by atoms with Crippen LogP contribution in [0.2, 0.25) is 0 Å². The number of ketones is 1. The van der Waals surface area contributed by atoms with E-state index in [0.29, 0.717) is 16.8 Å². The van der Waals surface area contributed by atoms with Crippen molar-refractivity contribution in [1.29, 1.82) is 0 Å². The van der Waals surface area contributed by atoms with Gasteiger partial charge in [-0.1, -0.05) is 60.2 Å². The minimum atomic E-state index is -0.780. The summed E-state index contributed by atoms with van der Waals surface area (Å²) in [6.07, 6.45) is 3.25. The van der Waals surface area contributed by atoms with Gasteiger partial charge >= 0.3 is 0 Å². The van der Waals surface area contributed by atoms with Crippen LogP contribution in [0.25, 0.3) is 16.5 Å². The van der Waals surface area contributed by atoms with E-state index in [9.17, 15) is 14.7 Å². The fourth-order valence-corrected chi connectivity index (χ4v) is 4.15. The highest BCUT2D eigenvalue weighted by molar-refractivity contribution is 6.51. The van der Waals surface area contributed by atoms with Gasteiger partial charge in [0.15, 0.2) is 0 Å². The van der Waals surface area contributed by atoms with Gasteiger partial charge in [0.2, 0.25) is 0 Å². The molecule has 1 N–H and O–H groups in total. The monoisotopic (exact) mass is 420 g/mol. The van der Waals surface area contributed by atoms with Gasteiger partial charge in [0, 0.05) is 23.6 Å². The van der Waals surface area contributed by atoms with Crippen molar-refractivity contribution in [2.24, 2.45) is 0 Å². The SMILES string of the molecule is Cc1ccc(N2C(=O)C(=O)/C(=C(\O)c3ccc4ccccc4c3)C2c2cccnc2)cc1. The third-order valence-corrected chi connectivity index (χ3v) is 5.78. The third-order valence-electron chi connectivity index (χ3n) is 5.78. The van der Waals surface area contributed by atoms with Crippen LogP contribution in [0.15, 0.2) is 96.8 Å². The number of aromatic nitrogens is 1. The number of hydrogen-bond acceptors (Lipinski definition) is 4. The lowest BCUT2D eigenvalue weighted by Gasteiger charge is -2.25. The van der Waals surface area contributed by atoms with Gasteiger partial charge in [-0.2, -0.15) is 0 Å². The Balaban J connectivity index is 1.72. The summed E-state index contributed by atoms with van der Waals surface area (Å²) in [6, 6.07) is 23.4. The molecule has 2 heterocycles. The van der Waals surface area contributed by atoms with Gasteiger partial charge in [-0.15, -0.1) is 0 Å². The first-order valence-electron chi connectivity index (χ1n) is 10.3. The van der Waals surface area contributed by atoms with Crippen LogP contribution in [0.4, 0.5) is 5.69 Å². The second kappa shape index (κ2) is 7.78. The van der Waals surface area contributed by atoms with Crippen LogP contribution in [-0.4, -0.2) is 21.8 Å². The summed E-state index contributed by atoms with van der Waals surface area (Å²) in [5.74, 6) is -1.59. The van der Waals surface area contributed by atoms with E-state index in [4.69, 9.17) is 0 Å². The Morgan fingerprint density at radius 3 is 2.38 bits per heavy atom. The molecule has 156 valence electrons. The number of aliphatic hydroxyl groups is 1. The first-order valence-corrected chi connectivity index (χ1v) is 10.3. The van der Waals surface area contributed by atoms with Crippen LogP contribution in [-0.2, 0) is 9.59 Å². The summed E-state index contributed by atoms with van der Waals surface area (Å²) in [6.45, 7) is 1.95. The molecule has 1 fully saturated rings. The number of aryl methyl sites for hydroxylation is 1. The largest absolute Gasteiger partial charge is 0.507 e. The fourth-order valence-electron chi connectivity index (χ4n) is 4.15. The number of fused-ring (bicyclic) bond motifs is 1. The van der Waals surface area contributed by atoms with Crippen LogP contribution in [0.3, 0.4) is 0 Å². The number of carbonyl (C=O) groups excluding carboxylic acids is 2. The van der Waals surface area contributed by atoms with E-state index < -0.39 is 17.7 Å². The molecular formula is C27H20N2O3. The molecule has 0 radical (unpaired) electrons. The molecule has 3 aromatic carbocycles. The van der Waals surface area contributed by atoms with Gasteiger partial charge in [0.1, 0.15) is 5.76 Å². The Kier molecular flexibility index (Phi) is 4.79. The molecule has 5 rings (SSSR count). The van der Waals surface area contributed by atoms with Crippen molar-refractivity contribution in [1.82, 2.24) is 4.98 Å². The van der Waals surface area contributed by atoms with E-state index in [-0.39, 0.29) is 11.3 Å². The van der Waals surface area contributed by atoms with Crippen molar-refractivity contribution in [3.05, 3.63) is 114 Å². The summed E-state index contributed by atoms with van der Waals surface area (Å²) in [5, 5.41) is 13.2. The maximum atomic E-state index is 13.2. The summed E-state index contributed by atoms with van der Waals surface area (Å²) in [7, 11) is 0. The van der Waals surface area contributed by atoms with Gasteiger partial charge < -0.3 is 5.11 Å². The Morgan fingerprint density at radius 1 is 0.906 bits per heavy atom. The van der Waals surface area contributed by atoms with Crippen molar-refractivity contribution in [3.63, 3.8) is 0 Å². The Morgan fingerprint density at radius 2 is 1.66 bits per heavy atom. The number of nitrogens with zero attached hydrogens (tertiary/aromatic N) is 2. The van der Waals surface area contributed by atoms with Crippen LogP contribution < -0.4 is 4.90 Å². The van der Waals surface area contributed by atoms with E-state index in [1.165, 1.54) is 4.90 Å². The summed E-state index contributed by atoms with van der Waals surface area (Å²) >= 11 is 0. The molecule has 1 aliphatic heterocycles. The predicted octanol–water partition coefficient (Wildman–Crippen LogP) is 5.17. The lowest BCUT2D eigenvalue weighted by atomic mass is 9.95. The maximum Gasteiger partial charge on any atom is 0.300 e. The molecule has 1 atom stereocenters. The van der Waals surface area contributed by atoms with Crippen molar-refractivity contribution >= 4 is 33.9 Å². The molecule has 1 aliphatic rings. The summed E-state index contributed by atoms with van der Waals surface area (Å²) < 4.78 is 0. The lowest BCUT2D eigenvalue weighted by Crippen LogP contribution is -2.29. The zero-order valence-corrected chi connectivity index (χ0v) is 17.4. The molecule has 0 bridgehead atoms. The first kappa shape index (κ1) is 19.7. The smallest absolute Gasteiger partial charge is 0.300 e. The van der Waals surface area contributed by atoms with Crippen LogP contribution in [0, 0.1) is 6.92 Å². The number of benzene rings is 3. The van der Waals surface area contributed by atoms with Gasteiger partial charge in [-0.25, -0.2) is 0 Å². The highest BCUT2D eigenvalue weighted by Crippen LogP contribution is 2.42. The Bertz CT molecular complexity index is 1380. The van der Waals surface area contributed by atoms with Gasteiger partial charge in [0.25, 0.3) is 11.7 Å². The zero-order chi connectivity index (χ0) is 22.2. The van der Waals surface area contributed by atoms with E-state index in [2.05, 4.69) is 4.98 Å². The lowest BCUT2D eigenvalue weighted by molar-refractivity contribution is -0.132.